The Kier molecular flexibility index (Phi) is 2.92. The van der Waals surface area contributed by atoms with Gasteiger partial charge in [0.15, 0.2) is 0 Å². The number of ether oxygens (including phenoxy) is 1. The van der Waals surface area contributed by atoms with E-state index in [2.05, 4.69) is 26.4 Å². The molecular formula is C17H12F2N2O. The average Bonchev–Trinajstić information content (AvgIpc) is 3.05. The predicted molar refractivity (Wildman–Crippen MR) is 78.8 cm³/mol. The molecule has 0 unspecified atom stereocenters. The molecule has 2 aromatic carbocycles. The Morgan fingerprint density at radius 2 is 1.82 bits per heavy atom. The second kappa shape index (κ2) is 4.94. The van der Waals surface area contributed by atoms with Crippen molar-refractivity contribution in [3.05, 3.63) is 60.3 Å². The van der Waals surface area contributed by atoms with Crippen LogP contribution in [0.5, 0.6) is 5.75 Å². The van der Waals surface area contributed by atoms with Gasteiger partial charge in [0.1, 0.15) is 11.6 Å². The van der Waals surface area contributed by atoms with E-state index >= 15 is 0 Å². The van der Waals surface area contributed by atoms with Gasteiger partial charge in [0, 0.05) is 23.9 Å². The fourth-order valence-electron chi connectivity index (χ4n) is 2.76. The number of nitrogens with zero attached hydrogens (tertiary/aromatic N) is 2. The molecule has 4 rings (SSSR count). The van der Waals surface area contributed by atoms with Crippen LogP contribution >= 0.6 is 0 Å². The van der Waals surface area contributed by atoms with Gasteiger partial charge in [-0.2, -0.15) is 8.78 Å². The number of hydrogen-bond donors (Lipinski definition) is 0. The van der Waals surface area contributed by atoms with Crippen molar-refractivity contribution < 1.29 is 13.5 Å². The first-order chi connectivity index (χ1) is 10.7. The topological polar surface area (TPSA) is 27.1 Å². The SMILES string of the molecule is FC(F)Oc1ccc(-c2cn3c(n2)-c2ccccc2C3)cc1. The lowest BCUT2D eigenvalue weighted by molar-refractivity contribution is -0.0498. The molecule has 0 N–H and O–H groups in total. The molecule has 22 heavy (non-hydrogen) atoms. The van der Waals surface area contributed by atoms with E-state index in [9.17, 15) is 8.78 Å². The molecule has 3 aromatic rings. The highest BCUT2D eigenvalue weighted by Crippen LogP contribution is 2.33. The van der Waals surface area contributed by atoms with Gasteiger partial charge in [0.2, 0.25) is 0 Å². The lowest BCUT2D eigenvalue weighted by atomic mass is 10.1. The molecule has 0 bridgehead atoms. The Balaban J connectivity index is 1.66. The number of benzene rings is 2. The van der Waals surface area contributed by atoms with Crippen LogP contribution in [0, 0.1) is 0 Å². The first kappa shape index (κ1) is 13.0. The Morgan fingerprint density at radius 1 is 1.05 bits per heavy atom. The lowest BCUT2D eigenvalue weighted by Gasteiger charge is -2.04. The van der Waals surface area contributed by atoms with Crippen molar-refractivity contribution in [1.29, 1.82) is 0 Å². The van der Waals surface area contributed by atoms with Gasteiger partial charge in [-0.1, -0.05) is 24.3 Å². The van der Waals surface area contributed by atoms with Gasteiger partial charge in [-0.25, -0.2) is 4.98 Å². The largest absolute Gasteiger partial charge is 0.435 e. The van der Waals surface area contributed by atoms with Crippen molar-refractivity contribution in [3.63, 3.8) is 0 Å². The average molecular weight is 298 g/mol. The molecule has 0 atom stereocenters. The lowest BCUT2D eigenvalue weighted by Crippen LogP contribution is -2.01. The second-order valence-corrected chi connectivity index (χ2v) is 5.14. The van der Waals surface area contributed by atoms with Crippen molar-refractivity contribution in [2.45, 2.75) is 13.2 Å². The third kappa shape index (κ3) is 2.15. The Hall–Kier alpha value is -2.69. The standard InChI is InChI=1S/C17H12F2N2O/c18-17(19)22-13-7-5-11(6-8-13)15-10-21-9-12-3-1-2-4-14(12)16(21)20-15/h1-8,10,17H,9H2. The van der Waals surface area contributed by atoms with Crippen LogP contribution in [-0.4, -0.2) is 16.2 Å². The van der Waals surface area contributed by atoms with Crippen LogP contribution in [0.4, 0.5) is 8.78 Å². The molecule has 3 nitrogen and oxygen atoms in total. The Bertz CT molecular complexity index is 825. The molecule has 0 amide bonds. The highest BCUT2D eigenvalue weighted by Gasteiger charge is 2.20. The molecule has 1 aromatic heterocycles. The fourth-order valence-corrected chi connectivity index (χ4v) is 2.76. The van der Waals surface area contributed by atoms with Crippen molar-refractivity contribution in [2.24, 2.45) is 0 Å². The summed E-state index contributed by atoms with van der Waals surface area (Å²) < 4.78 is 30.8. The number of alkyl halides is 2. The zero-order valence-corrected chi connectivity index (χ0v) is 11.5. The summed E-state index contributed by atoms with van der Waals surface area (Å²) in [5.74, 6) is 1.09. The Labute approximate surface area is 125 Å². The van der Waals surface area contributed by atoms with E-state index in [0.29, 0.717) is 0 Å². The number of imidazole rings is 1. The van der Waals surface area contributed by atoms with Crippen molar-refractivity contribution in [2.75, 3.05) is 0 Å². The van der Waals surface area contributed by atoms with Crippen LogP contribution in [0.2, 0.25) is 0 Å². The molecule has 0 saturated carbocycles. The fraction of sp³-hybridized carbons (Fsp3) is 0.118. The molecule has 0 fully saturated rings. The van der Waals surface area contributed by atoms with E-state index in [-0.39, 0.29) is 5.75 Å². The molecule has 1 aliphatic rings. The molecule has 0 saturated heterocycles. The normalized spacial score (nSPS) is 12.3. The zero-order chi connectivity index (χ0) is 15.1. The van der Waals surface area contributed by atoms with E-state index in [4.69, 9.17) is 0 Å². The van der Waals surface area contributed by atoms with E-state index in [1.54, 1.807) is 12.1 Å². The smallest absolute Gasteiger partial charge is 0.387 e. The molecule has 5 heteroatoms. The molecule has 1 aliphatic heterocycles. The predicted octanol–water partition coefficient (Wildman–Crippen LogP) is 4.18. The second-order valence-electron chi connectivity index (χ2n) is 5.14. The van der Waals surface area contributed by atoms with Crippen LogP contribution in [0.15, 0.2) is 54.7 Å². The summed E-state index contributed by atoms with van der Waals surface area (Å²) in [7, 11) is 0. The van der Waals surface area contributed by atoms with Gasteiger partial charge in [-0.05, 0) is 29.8 Å². The number of rotatable bonds is 3. The van der Waals surface area contributed by atoms with Crippen LogP contribution < -0.4 is 4.74 Å². The third-order valence-corrected chi connectivity index (χ3v) is 3.75. The number of hydrogen-bond acceptors (Lipinski definition) is 2. The summed E-state index contributed by atoms with van der Waals surface area (Å²) in [6, 6.07) is 14.7. The van der Waals surface area contributed by atoms with Gasteiger partial charge in [0.25, 0.3) is 0 Å². The number of fused-ring (bicyclic) bond motifs is 3. The van der Waals surface area contributed by atoms with Crippen LogP contribution in [0.1, 0.15) is 5.56 Å². The minimum absolute atomic E-state index is 0.149. The van der Waals surface area contributed by atoms with Gasteiger partial charge < -0.3 is 9.30 Å². The summed E-state index contributed by atoms with van der Waals surface area (Å²) in [5, 5.41) is 0. The molecule has 0 aliphatic carbocycles. The highest BCUT2D eigenvalue weighted by atomic mass is 19.3. The van der Waals surface area contributed by atoms with E-state index in [1.807, 2.05) is 18.3 Å². The minimum Gasteiger partial charge on any atom is -0.435 e. The molecule has 0 radical (unpaired) electrons. The van der Waals surface area contributed by atoms with Crippen LogP contribution in [-0.2, 0) is 6.54 Å². The first-order valence-corrected chi connectivity index (χ1v) is 6.91. The maximum Gasteiger partial charge on any atom is 0.387 e. The molecule has 0 spiro atoms. The minimum atomic E-state index is -2.81. The summed E-state index contributed by atoms with van der Waals surface area (Å²) >= 11 is 0. The van der Waals surface area contributed by atoms with E-state index in [1.165, 1.54) is 17.7 Å². The van der Waals surface area contributed by atoms with E-state index < -0.39 is 6.61 Å². The van der Waals surface area contributed by atoms with Crippen LogP contribution in [0.25, 0.3) is 22.6 Å². The first-order valence-electron chi connectivity index (χ1n) is 6.91. The zero-order valence-electron chi connectivity index (χ0n) is 11.5. The summed E-state index contributed by atoms with van der Waals surface area (Å²) in [5.41, 5.74) is 4.11. The van der Waals surface area contributed by atoms with Crippen molar-refractivity contribution in [1.82, 2.24) is 9.55 Å². The monoisotopic (exact) mass is 298 g/mol. The van der Waals surface area contributed by atoms with E-state index in [0.717, 1.165) is 29.2 Å². The molecular weight excluding hydrogens is 286 g/mol. The van der Waals surface area contributed by atoms with Gasteiger partial charge in [0.05, 0.1) is 5.69 Å². The maximum atomic E-state index is 12.2. The molecule has 2 heterocycles. The van der Waals surface area contributed by atoms with Crippen molar-refractivity contribution in [3.8, 4) is 28.4 Å². The van der Waals surface area contributed by atoms with Crippen molar-refractivity contribution >= 4 is 0 Å². The highest BCUT2D eigenvalue weighted by molar-refractivity contribution is 5.70. The van der Waals surface area contributed by atoms with Crippen LogP contribution in [0.3, 0.4) is 0 Å². The molecule has 110 valence electrons. The summed E-state index contributed by atoms with van der Waals surface area (Å²) in [4.78, 5) is 4.67. The number of aromatic nitrogens is 2. The maximum absolute atomic E-state index is 12.2. The van der Waals surface area contributed by atoms with Gasteiger partial charge in [-0.3, -0.25) is 0 Å². The third-order valence-electron chi connectivity index (χ3n) is 3.75. The Morgan fingerprint density at radius 3 is 2.59 bits per heavy atom. The van der Waals surface area contributed by atoms with Gasteiger partial charge >= 0.3 is 6.61 Å². The summed E-state index contributed by atoms with van der Waals surface area (Å²) in [6.45, 7) is -2.00. The number of halogens is 2. The summed E-state index contributed by atoms with van der Waals surface area (Å²) in [6.07, 6.45) is 1.98. The quantitative estimate of drug-likeness (QED) is 0.567. The van der Waals surface area contributed by atoms with Gasteiger partial charge in [-0.15, -0.1) is 0 Å².